The van der Waals surface area contributed by atoms with Crippen molar-refractivity contribution in [2.45, 2.75) is 44.6 Å². The number of rotatable bonds is 7. The van der Waals surface area contributed by atoms with Gasteiger partial charge in [0.25, 0.3) is 0 Å². The van der Waals surface area contributed by atoms with E-state index in [-0.39, 0.29) is 11.4 Å². The van der Waals surface area contributed by atoms with Crippen LogP contribution in [0.5, 0.6) is 5.75 Å². The Morgan fingerprint density at radius 2 is 1.89 bits per heavy atom. The molecule has 1 saturated heterocycles. The number of benzene rings is 1. The van der Waals surface area contributed by atoms with Crippen molar-refractivity contribution in [1.82, 2.24) is 10.2 Å². The van der Waals surface area contributed by atoms with Crippen molar-refractivity contribution in [1.29, 1.82) is 0 Å². The molecule has 1 aromatic carbocycles. The van der Waals surface area contributed by atoms with Gasteiger partial charge in [-0.3, -0.25) is 9.69 Å². The number of nitrogens with zero attached hydrogens (tertiary/aromatic N) is 1. The van der Waals surface area contributed by atoms with Gasteiger partial charge in [-0.2, -0.15) is 0 Å². The van der Waals surface area contributed by atoms with E-state index in [4.69, 9.17) is 9.47 Å². The fraction of sp³-hybridized carbons (Fsp3) is 0.591. The number of nitrogens with one attached hydrogen (secondary N) is 1. The van der Waals surface area contributed by atoms with E-state index < -0.39 is 0 Å². The van der Waals surface area contributed by atoms with Gasteiger partial charge in [0, 0.05) is 31.2 Å². The van der Waals surface area contributed by atoms with Crippen LogP contribution in [-0.2, 0) is 9.53 Å². The quantitative estimate of drug-likeness (QED) is 0.747. The number of carbonyl (C=O) groups is 1. The summed E-state index contributed by atoms with van der Waals surface area (Å²) in [5, 5.41) is 3.16. The molecule has 2 fully saturated rings. The molecule has 5 heteroatoms. The first-order chi connectivity index (χ1) is 13.2. The Hall–Kier alpha value is -1.85. The maximum absolute atomic E-state index is 12.4. The second-order valence-corrected chi connectivity index (χ2v) is 7.44. The van der Waals surface area contributed by atoms with E-state index >= 15 is 0 Å². The predicted molar refractivity (Wildman–Crippen MR) is 108 cm³/mol. The molecule has 1 aliphatic carbocycles. The molecule has 0 unspecified atom stereocenters. The van der Waals surface area contributed by atoms with Crippen LogP contribution < -0.4 is 10.1 Å². The van der Waals surface area contributed by atoms with Crippen LogP contribution in [0.15, 0.2) is 30.3 Å². The van der Waals surface area contributed by atoms with Gasteiger partial charge in [-0.05, 0) is 43.5 Å². The lowest BCUT2D eigenvalue weighted by Crippen LogP contribution is -2.59. The fourth-order valence-electron chi connectivity index (χ4n) is 4.18. The van der Waals surface area contributed by atoms with Crippen molar-refractivity contribution in [3.8, 4) is 5.75 Å². The summed E-state index contributed by atoms with van der Waals surface area (Å²) < 4.78 is 11.0. The monoisotopic (exact) mass is 372 g/mol. The molecule has 1 heterocycles. The molecule has 1 N–H and O–H groups in total. The Kier molecular flexibility index (Phi) is 7.30. The first-order valence-electron chi connectivity index (χ1n) is 10.2. The van der Waals surface area contributed by atoms with E-state index in [1.165, 1.54) is 19.3 Å². The lowest BCUT2D eigenvalue weighted by Gasteiger charge is -2.48. The first kappa shape index (κ1) is 19.9. The zero-order chi connectivity index (χ0) is 19.0. The summed E-state index contributed by atoms with van der Waals surface area (Å²) in [4.78, 5) is 14.9. The van der Waals surface area contributed by atoms with Gasteiger partial charge in [0.1, 0.15) is 5.75 Å². The molecular formula is C22H32N2O3. The van der Waals surface area contributed by atoms with Crippen molar-refractivity contribution >= 4 is 12.0 Å². The number of amides is 1. The molecule has 1 amide bonds. The summed E-state index contributed by atoms with van der Waals surface area (Å²) in [5.41, 5.74) is 1.10. The first-order valence-corrected chi connectivity index (χ1v) is 10.2. The third kappa shape index (κ3) is 5.56. The van der Waals surface area contributed by atoms with Gasteiger partial charge in [-0.1, -0.05) is 31.4 Å². The number of ether oxygens (including phenoxy) is 2. The minimum atomic E-state index is -0.0258. The second kappa shape index (κ2) is 9.90. The SMILES string of the molecule is CCOc1ccc(/C=C/C(=O)NCC2(N3CCOCC3)CCCCC2)cc1. The number of morpholine rings is 1. The van der Waals surface area contributed by atoms with E-state index in [1.807, 2.05) is 37.3 Å². The minimum absolute atomic E-state index is 0.0258. The Morgan fingerprint density at radius 1 is 1.19 bits per heavy atom. The lowest BCUT2D eigenvalue weighted by molar-refractivity contribution is -0.117. The maximum atomic E-state index is 12.4. The third-order valence-electron chi connectivity index (χ3n) is 5.68. The lowest BCUT2D eigenvalue weighted by atomic mass is 9.79. The van der Waals surface area contributed by atoms with Gasteiger partial charge in [-0.25, -0.2) is 0 Å². The van der Waals surface area contributed by atoms with Gasteiger partial charge >= 0.3 is 0 Å². The van der Waals surface area contributed by atoms with Crippen LogP contribution in [0, 0.1) is 0 Å². The number of carbonyl (C=O) groups excluding carboxylic acids is 1. The highest BCUT2D eigenvalue weighted by molar-refractivity contribution is 5.91. The van der Waals surface area contributed by atoms with Crippen molar-refractivity contribution < 1.29 is 14.3 Å². The summed E-state index contributed by atoms with van der Waals surface area (Å²) in [5.74, 6) is 0.825. The molecule has 5 nitrogen and oxygen atoms in total. The van der Waals surface area contributed by atoms with E-state index in [0.29, 0.717) is 6.61 Å². The molecule has 0 bridgehead atoms. The van der Waals surface area contributed by atoms with Gasteiger partial charge < -0.3 is 14.8 Å². The van der Waals surface area contributed by atoms with Crippen molar-refractivity contribution in [3.63, 3.8) is 0 Å². The van der Waals surface area contributed by atoms with Crippen LogP contribution in [0.4, 0.5) is 0 Å². The molecule has 148 valence electrons. The van der Waals surface area contributed by atoms with E-state index in [9.17, 15) is 4.79 Å². The van der Waals surface area contributed by atoms with Crippen LogP contribution in [0.1, 0.15) is 44.6 Å². The average Bonchev–Trinajstić information content (AvgIpc) is 2.73. The van der Waals surface area contributed by atoms with Crippen molar-refractivity contribution in [2.24, 2.45) is 0 Å². The van der Waals surface area contributed by atoms with Crippen LogP contribution in [-0.4, -0.2) is 55.8 Å². The second-order valence-electron chi connectivity index (χ2n) is 7.44. The Bertz CT molecular complexity index is 615. The Morgan fingerprint density at radius 3 is 2.56 bits per heavy atom. The van der Waals surface area contributed by atoms with E-state index in [0.717, 1.165) is 57.0 Å². The van der Waals surface area contributed by atoms with Gasteiger partial charge in [-0.15, -0.1) is 0 Å². The van der Waals surface area contributed by atoms with Crippen LogP contribution >= 0.6 is 0 Å². The highest BCUT2D eigenvalue weighted by atomic mass is 16.5. The largest absolute Gasteiger partial charge is 0.494 e. The fourth-order valence-corrected chi connectivity index (χ4v) is 4.18. The summed E-state index contributed by atoms with van der Waals surface area (Å²) in [7, 11) is 0. The summed E-state index contributed by atoms with van der Waals surface area (Å²) >= 11 is 0. The van der Waals surface area contributed by atoms with Crippen LogP contribution in [0.2, 0.25) is 0 Å². The molecule has 0 aromatic heterocycles. The summed E-state index contributed by atoms with van der Waals surface area (Å²) in [6, 6.07) is 7.78. The zero-order valence-electron chi connectivity index (χ0n) is 16.4. The standard InChI is InChI=1S/C22H32N2O3/c1-2-27-20-9-6-19(7-10-20)8-11-21(25)23-18-22(12-4-3-5-13-22)24-14-16-26-17-15-24/h6-11H,2-5,12-18H2,1H3,(H,23,25)/b11-8+. The molecule has 3 rings (SSSR count). The normalized spacial score (nSPS) is 20.5. The highest BCUT2D eigenvalue weighted by Crippen LogP contribution is 2.33. The molecule has 0 atom stereocenters. The molecule has 27 heavy (non-hydrogen) atoms. The molecule has 1 aliphatic heterocycles. The molecular weight excluding hydrogens is 340 g/mol. The summed E-state index contributed by atoms with van der Waals surface area (Å²) in [6.45, 7) is 6.88. The van der Waals surface area contributed by atoms with Crippen LogP contribution in [0.25, 0.3) is 6.08 Å². The smallest absolute Gasteiger partial charge is 0.244 e. The highest BCUT2D eigenvalue weighted by Gasteiger charge is 2.38. The molecule has 2 aliphatic rings. The summed E-state index contributed by atoms with van der Waals surface area (Å²) in [6.07, 6.45) is 9.60. The van der Waals surface area contributed by atoms with Gasteiger partial charge in [0.2, 0.25) is 5.91 Å². The maximum Gasteiger partial charge on any atom is 0.244 e. The van der Waals surface area contributed by atoms with Crippen LogP contribution in [0.3, 0.4) is 0 Å². The van der Waals surface area contributed by atoms with Gasteiger partial charge in [0.15, 0.2) is 0 Å². The van der Waals surface area contributed by atoms with E-state index in [2.05, 4.69) is 10.2 Å². The van der Waals surface area contributed by atoms with Crippen molar-refractivity contribution in [3.05, 3.63) is 35.9 Å². The zero-order valence-corrected chi connectivity index (χ0v) is 16.4. The number of hydrogen-bond acceptors (Lipinski definition) is 4. The molecule has 0 spiro atoms. The van der Waals surface area contributed by atoms with E-state index in [1.54, 1.807) is 6.08 Å². The topological polar surface area (TPSA) is 50.8 Å². The Labute approximate surface area is 162 Å². The third-order valence-corrected chi connectivity index (χ3v) is 5.68. The minimum Gasteiger partial charge on any atom is -0.494 e. The molecule has 1 saturated carbocycles. The predicted octanol–water partition coefficient (Wildman–Crippen LogP) is 3.25. The van der Waals surface area contributed by atoms with Crippen molar-refractivity contribution in [2.75, 3.05) is 39.5 Å². The molecule has 1 aromatic rings. The molecule has 0 radical (unpaired) electrons. The Balaban J connectivity index is 1.55. The average molecular weight is 373 g/mol. The van der Waals surface area contributed by atoms with Gasteiger partial charge in [0.05, 0.1) is 19.8 Å². The number of hydrogen-bond donors (Lipinski definition) is 1.